The molecule has 0 atom stereocenters. The lowest BCUT2D eigenvalue weighted by atomic mass is 10.1. The molecule has 32 heavy (non-hydrogen) atoms. The van der Waals surface area contributed by atoms with Crippen LogP contribution in [-0.4, -0.2) is 14.3 Å². The summed E-state index contributed by atoms with van der Waals surface area (Å²) in [5.41, 5.74) is 2.31. The summed E-state index contributed by atoms with van der Waals surface area (Å²) in [6.07, 6.45) is 3.73. The van der Waals surface area contributed by atoms with Gasteiger partial charge in [0, 0.05) is 29.2 Å². The number of aromatic amines is 1. The fourth-order valence-electron chi connectivity index (χ4n) is 3.92. The third-order valence-electron chi connectivity index (χ3n) is 5.42. The molecule has 0 amide bonds. The number of benzene rings is 3. The van der Waals surface area contributed by atoms with Gasteiger partial charge in [-0.1, -0.05) is 42.5 Å². The Morgan fingerprint density at radius 1 is 1.03 bits per heavy atom. The Bertz CT molecular complexity index is 1550. The average Bonchev–Trinajstić information content (AvgIpc) is 3.30. The summed E-state index contributed by atoms with van der Waals surface area (Å²) in [5.74, 6) is -0.0598. The molecular formula is C25H21N3O4. The number of nitrogens with one attached hydrogen (secondary N) is 1. The topological polar surface area (TPSA) is 82.2 Å². The summed E-state index contributed by atoms with van der Waals surface area (Å²) < 4.78 is 14.1. The van der Waals surface area contributed by atoms with Crippen molar-refractivity contribution in [3.63, 3.8) is 0 Å². The molecule has 0 spiro atoms. The van der Waals surface area contributed by atoms with Crippen LogP contribution in [-0.2, 0) is 19.7 Å². The van der Waals surface area contributed by atoms with Crippen molar-refractivity contribution in [2.75, 3.05) is 0 Å². The van der Waals surface area contributed by atoms with Gasteiger partial charge in [-0.3, -0.25) is 0 Å². The fourth-order valence-corrected chi connectivity index (χ4v) is 3.92. The Labute approximate surface area is 182 Å². The molecule has 160 valence electrons. The van der Waals surface area contributed by atoms with E-state index in [0.29, 0.717) is 18.9 Å². The van der Waals surface area contributed by atoms with Gasteiger partial charge in [-0.2, -0.15) is 0 Å². The first-order valence-corrected chi connectivity index (χ1v) is 10.2. The number of allylic oxidation sites excluding steroid dienone is 1. The van der Waals surface area contributed by atoms with Crippen molar-refractivity contribution in [2.45, 2.75) is 19.7 Å². The number of ether oxygens (including phenoxy) is 1. The third-order valence-corrected chi connectivity index (χ3v) is 5.42. The molecule has 5 aromatic rings. The van der Waals surface area contributed by atoms with Crippen molar-refractivity contribution in [3.8, 4) is 5.75 Å². The minimum atomic E-state index is -0.774. The van der Waals surface area contributed by atoms with Gasteiger partial charge in [0.25, 0.3) is 0 Å². The molecule has 0 bridgehead atoms. The Kier molecular flexibility index (Phi) is 4.99. The smallest absolute Gasteiger partial charge is 0.440 e. The van der Waals surface area contributed by atoms with Crippen molar-refractivity contribution < 1.29 is 9.26 Å². The normalized spacial score (nSPS) is 11.2. The van der Waals surface area contributed by atoms with Crippen LogP contribution in [0.5, 0.6) is 5.75 Å². The molecule has 0 saturated heterocycles. The first-order valence-electron chi connectivity index (χ1n) is 10.2. The molecule has 0 radical (unpaired) electrons. The van der Waals surface area contributed by atoms with Gasteiger partial charge in [-0.25, -0.2) is 14.6 Å². The van der Waals surface area contributed by atoms with E-state index in [9.17, 15) is 9.59 Å². The summed E-state index contributed by atoms with van der Waals surface area (Å²) in [6, 6.07) is 20.3. The van der Waals surface area contributed by atoms with Gasteiger partial charge in [-0.15, -0.1) is 11.3 Å². The van der Waals surface area contributed by atoms with Crippen LogP contribution in [0.2, 0.25) is 0 Å². The molecule has 0 fully saturated rings. The van der Waals surface area contributed by atoms with Crippen LogP contribution in [0.25, 0.3) is 21.7 Å². The Hall–Kier alpha value is -4.26. The van der Waals surface area contributed by atoms with Gasteiger partial charge in [0.2, 0.25) is 0 Å². The molecule has 0 aliphatic rings. The summed E-state index contributed by atoms with van der Waals surface area (Å²) in [6.45, 7) is 4.99. The molecule has 7 heteroatoms. The second kappa shape index (κ2) is 8.11. The number of fused-ring (bicyclic) bond motifs is 2. The number of hydrogen-bond acceptors (Lipinski definition) is 4. The lowest BCUT2D eigenvalue weighted by molar-refractivity contribution is 0.258. The van der Waals surface area contributed by atoms with Crippen LogP contribution >= 0.6 is 0 Å². The van der Waals surface area contributed by atoms with Crippen LogP contribution in [0.3, 0.4) is 0 Å². The van der Waals surface area contributed by atoms with Gasteiger partial charge in [0.1, 0.15) is 12.4 Å². The maximum atomic E-state index is 11.9. The van der Waals surface area contributed by atoms with Crippen LogP contribution in [0.4, 0.5) is 0 Å². The first-order chi connectivity index (χ1) is 15.6. The van der Waals surface area contributed by atoms with Crippen LogP contribution in [0, 0.1) is 0 Å². The quantitative estimate of drug-likeness (QED) is 0.397. The van der Waals surface area contributed by atoms with Crippen molar-refractivity contribution in [3.05, 3.63) is 112 Å². The average molecular weight is 427 g/mol. The predicted octanol–water partition coefficient (Wildman–Crippen LogP) is 4.05. The van der Waals surface area contributed by atoms with Crippen molar-refractivity contribution in [1.82, 2.24) is 14.3 Å². The molecule has 7 nitrogen and oxygen atoms in total. The first kappa shape index (κ1) is 19.7. The zero-order valence-corrected chi connectivity index (χ0v) is 17.3. The molecule has 3 aromatic carbocycles. The van der Waals surface area contributed by atoms with Crippen molar-refractivity contribution in [2.24, 2.45) is 0 Å². The highest BCUT2D eigenvalue weighted by molar-refractivity contribution is 5.85. The minimum absolute atomic E-state index is 0.131. The molecule has 1 N–H and O–H groups in total. The number of nitrogens with zero attached hydrogens (tertiary/aromatic N) is 2. The van der Waals surface area contributed by atoms with E-state index in [-0.39, 0.29) is 6.54 Å². The van der Waals surface area contributed by atoms with E-state index in [0.717, 1.165) is 26.8 Å². The molecule has 0 aliphatic heterocycles. The highest BCUT2D eigenvalue weighted by Crippen LogP contribution is 2.27. The van der Waals surface area contributed by atoms with Crippen molar-refractivity contribution >= 4 is 21.7 Å². The number of hydrogen-bond donors (Lipinski definition) is 1. The maximum absolute atomic E-state index is 11.9. The van der Waals surface area contributed by atoms with E-state index >= 15 is 0 Å². The van der Waals surface area contributed by atoms with Gasteiger partial charge in [-0.05, 0) is 40.6 Å². The van der Waals surface area contributed by atoms with Gasteiger partial charge >= 0.3 is 11.4 Å². The predicted molar refractivity (Wildman–Crippen MR) is 123 cm³/mol. The fraction of sp³-hybridized carbons (Fsp3) is 0.120. The van der Waals surface area contributed by atoms with E-state index < -0.39 is 11.4 Å². The Morgan fingerprint density at radius 3 is 2.66 bits per heavy atom. The molecule has 0 saturated carbocycles. The van der Waals surface area contributed by atoms with E-state index in [1.807, 2.05) is 41.1 Å². The monoisotopic (exact) mass is 427 g/mol. The van der Waals surface area contributed by atoms with E-state index in [1.54, 1.807) is 6.08 Å². The van der Waals surface area contributed by atoms with Crippen molar-refractivity contribution in [1.29, 1.82) is 0 Å². The molecule has 0 aliphatic carbocycles. The second-order valence-corrected chi connectivity index (χ2v) is 7.59. The largest absolute Gasteiger partial charge is 0.489 e. The van der Waals surface area contributed by atoms with E-state index in [2.05, 4.69) is 41.9 Å². The zero-order valence-electron chi connectivity index (χ0n) is 17.3. The number of rotatable bonds is 7. The summed E-state index contributed by atoms with van der Waals surface area (Å²) in [7, 11) is 0. The highest BCUT2D eigenvalue weighted by atomic mass is 16.5. The summed E-state index contributed by atoms with van der Waals surface area (Å²) in [5, 5.41) is 3.28. The molecule has 0 unspecified atom stereocenters. The molecular weight excluding hydrogens is 406 g/mol. The minimum Gasteiger partial charge on any atom is -0.489 e. The van der Waals surface area contributed by atoms with Crippen LogP contribution in [0.1, 0.15) is 11.1 Å². The lowest BCUT2D eigenvalue weighted by Crippen LogP contribution is -2.17. The summed E-state index contributed by atoms with van der Waals surface area (Å²) >= 11 is 0. The highest BCUT2D eigenvalue weighted by Gasteiger charge is 2.13. The Balaban J connectivity index is 1.45. The maximum Gasteiger partial charge on any atom is 0.440 e. The standard InChI is InChI=1S/C25H21N3O4/c1-2-11-27-14-20(15-28-24(29)26-25(30)32-28)22-13-21(9-10-23(22)27)31-16-17-7-8-18-5-3-4-6-19(18)12-17/h2-10,12-14H,1,11,15-16H2,(H,26,29,30). The summed E-state index contributed by atoms with van der Waals surface area (Å²) in [4.78, 5) is 25.4. The van der Waals surface area contributed by atoms with Crippen LogP contribution in [0.15, 0.2) is 93.6 Å². The van der Waals surface area contributed by atoms with E-state index in [1.165, 1.54) is 10.8 Å². The lowest BCUT2D eigenvalue weighted by Gasteiger charge is -2.09. The molecule has 5 rings (SSSR count). The van der Waals surface area contributed by atoms with Gasteiger partial charge in [0.05, 0.1) is 6.54 Å². The van der Waals surface area contributed by atoms with Gasteiger partial charge < -0.3 is 13.8 Å². The molecule has 2 aromatic heterocycles. The third kappa shape index (κ3) is 3.76. The number of H-pyrrole nitrogens is 1. The second-order valence-electron chi connectivity index (χ2n) is 7.59. The van der Waals surface area contributed by atoms with Crippen LogP contribution < -0.4 is 16.2 Å². The number of aromatic nitrogens is 3. The SMILES string of the molecule is C=CCn1cc(Cn2oc(=O)[nH]c2=O)c2cc(OCc3ccc4ccccc4c3)ccc21. The molecule has 2 heterocycles. The zero-order chi connectivity index (χ0) is 22.1. The van der Waals surface area contributed by atoms with Gasteiger partial charge in [0.15, 0.2) is 0 Å². The van der Waals surface area contributed by atoms with E-state index in [4.69, 9.17) is 9.26 Å². The Morgan fingerprint density at radius 2 is 1.88 bits per heavy atom.